The van der Waals surface area contributed by atoms with Gasteiger partial charge in [0.2, 0.25) is 5.91 Å². The molecule has 3 nitrogen and oxygen atoms in total. The molecule has 0 aliphatic carbocycles. The first-order valence-electron chi connectivity index (χ1n) is 6.85. The summed E-state index contributed by atoms with van der Waals surface area (Å²) in [5.74, 6) is 1.40. The highest BCUT2D eigenvalue weighted by Gasteiger charge is 2.22. The van der Waals surface area contributed by atoms with Gasteiger partial charge in [-0.15, -0.1) is 0 Å². The van der Waals surface area contributed by atoms with Crippen molar-refractivity contribution in [3.8, 4) is 0 Å². The normalized spacial score (nSPS) is 16.9. The van der Waals surface area contributed by atoms with Gasteiger partial charge in [0.05, 0.1) is 6.26 Å². The van der Waals surface area contributed by atoms with E-state index in [1.807, 2.05) is 17.0 Å². The number of furan rings is 1. The molecular weight excluding hydrogens is 270 g/mol. The van der Waals surface area contributed by atoms with Crippen molar-refractivity contribution in [3.05, 3.63) is 52.6 Å². The number of amides is 1. The van der Waals surface area contributed by atoms with E-state index in [9.17, 15) is 4.79 Å². The number of nitrogens with zero attached hydrogens (tertiary/aromatic N) is 1. The van der Waals surface area contributed by atoms with Crippen molar-refractivity contribution in [2.24, 2.45) is 0 Å². The van der Waals surface area contributed by atoms with Crippen molar-refractivity contribution in [2.75, 3.05) is 13.1 Å². The van der Waals surface area contributed by atoms with Crippen LogP contribution in [0.5, 0.6) is 0 Å². The second-order valence-electron chi connectivity index (χ2n) is 5.00. The Hall–Kier alpha value is -1.81. The van der Waals surface area contributed by atoms with Crippen molar-refractivity contribution in [1.29, 1.82) is 0 Å². The van der Waals surface area contributed by atoms with Gasteiger partial charge in [0, 0.05) is 19.2 Å². The molecule has 0 atom stereocenters. The van der Waals surface area contributed by atoms with Gasteiger partial charge in [0.25, 0.3) is 0 Å². The van der Waals surface area contributed by atoms with Gasteiger partial charge < -0.3 is 9.32 Å². The van der Waals surface area contributed by atoms with Crippen LogP contribution in [-0.4, -0.2) is 23.9 Å². The van der Waals surface area contributed by atoms with Gasteiger partial charge in [-0.3, -0.25) is 4.79 Å². The van der Waals surface area contributed by atoms with Crippen LogP contribution in [0.2, 0.25) is 0 Å². The first-order valence-corrected chi connectivity index (χ1v) is 7.80. The lowest BCUT2D eigenvalue weighted by molar-refractivity contribution is -0.126. The lowest BCUT2D eigenvalue weighted by Gasteiger charge is -2.31. The molecule has 3 heterocycles. The van der Waals surface area contributed by atoms with Gasteiger partial charge in [-0.25, -0.2) is 0 Å². The minimum Gasteiger partial charge on any atom is -0.465 e. The maximum atomic E-state index is 12.1. The topological polar surface area (TPSA) is 33.5 Å². The molecule has 0 radical (unpaired) electrons. The largest absolute Gasteiger partial charge is 0.465 e. The third-order valence-electron chi connectivity index (χ3n) is 3.75. The zero-order valence-electron chi connectivity index (χ0n) is 11.2. The molecule has 2 aromatic heterocycles. The second kappa shape index (κ2) is 6.09. The average molecular weight is 287 g/mol. The predicted octanol–water partition coefficient (Wildman–Crippen LogP) is 3.76. The van der Waals surface area contributed by atoms with Gasteiger partial charge in [0.15, 0.2) is 0 Å². The summed E-state index contributed by atoms with van der Waals surface area (Å²) in [6.45, 7) is 1.67. The quantitative estimate of drug-likeness (QED) is 0.805. The Morgan fingerprint density at radius 2 is 2.20 bits per heavy atom. The maximum absolute atomic E-state index is 12.1. The lowest BCUT2D eigenvalue weighted by Crippen LogP contribution is -2.36. The molecule has 3 rings (SSSR count). The average Bonchev–Trinajstić information content (AvgIpc) is 3.18. The standard InChI is InChI=1S/C16H17NO2S/c18-16(4-3-15-2-1-10-19-15)17-8-5-13(6-9-17)14-7-11-20-12-14/h1-4,7,10-13H,5-6,8-9H2/b4-3+. The van der Waals surface area contributed by atoms with Crippen LogP contribution in [-0.2, 0) is 4.79 Å². The Labute approximate surface area is 122 Å². The van der Waals surface area contributed by atoms with Gasteiger partial charge in [-0.05, 0) is 59.4 Å². The predicted molar refractivity (Wildman–Crippen MR) is 80.6 cm³/mol. The van der Waals surface area contributed by atoms with Crippen LogP contribution in [0.4, 0.5) is 0 Å². The van der Waals surface area contributed by atoms with Crippen LogP contribution in [0.25, 0.3) is 6.08 Å². The van der Waals surface area contributed by atoms with Crippen LogP contribution in [0, 0.1) is 0 Å². The summed E-state index contributed by atoms with van der Waals surface area (Å²) < 4.78 is 5.18. The fourth-order valence-corrected chi connectivity index (χ4v) is 3.33. The minimum atomic E-state index is 0.0742. The van der Waals surface area contributed by atoms with E-state index in [-0.39, 0.29) is 5.91 Å². The molecule has 104 valence electrons. The SMILES string of the molecule is O=C(/C=C/c1ccco1)N1CCC(c2ccsc2)CC1. The van der Waals surface area contributed by atoms with Crippen molar-refractivity contribution >= 4 is 23.3 Å². The Morgan fingerprint density at radius 3 is 2.85 bits per heavy atom. The molecule has 1 aliphatic heterocycles. The van der Waals surface area contributed by atoms with E-state index >= 15 is 0 Å². The molecule has 1 fully saturated rings. The summed E-state index contributed by atoms with van der Waals surface area (Å²) in [6, 6.07) is 5.85. The van der Waals surface area contributed by atoms with E-state index < -0.39 is 0 Å². The molecule has 1 aliphatic rings. The monoisotopic (exact) mass is 287 g/mol. The lowest BCUT2D eigenvalue weighted by atomic mass is 9.91. The number of carbonyl (C=O) groups is 1. The maximum Gasteiger partial charge on any atom is 0.246 e. The second-order valence-corrected chi connectivity index (χ2v) is 5.79. The fourth-order valence-electron chi connectivity index (χ4n) is 2.59. The minimum absolute atomic E-state index is 0.0742. The molecule has 1 saturated heterocycles. The van der Waals surface area contributed by atoms with E-state index in [4.69, 9.17) is 4.42 Å². The molecule has 0 aromatic carbocycles. The molecule has 20 heavy (non-hydrogen) atoms. The van der Waals surface area contributed by atoms with Crippen molar-refractivity contribution in [3.63, 3.8) is 0 Å². The number of hydrogen-bond donors (Lipinski definition) is 0. The third-order valence-corrected chi connectivity index (χ3v) is 4.46. The first-order chi connectivity index (χ1) is 9.83. The molecule has 4 heteroatoms. The van der Waals surface area contributed by atoms with Gasteiger partial charge >= 0.3 is 0 Å². The molecule has 1 amide bonds. The van der Waals surface area contributed by atoms with E-state index in [0.29, 0.717) is 11.7 Å². The highest BCUT2D eigenvalue weighted by Crippen LogP contribution is 2.29. The Balaban J connectivity index is 1.54. The molecule has 2 aromatic rings. The van der Waals surface area contributed by atoms with E-state index in [1.54, 1.807) is 29.8 Å². The first kappa shape index (κ1) is 13.2. The number of rotatable bonds is 3. The zero-order valence-corrected chi connectivity index (χ0v) is 12.0. The van der Waals surface area contributed by atoms with Crippen molar-refractivity contribution < 1.29 is 9.21 Å². The van der Waals surface area contributed by atoms with Gasteiger partial charge in [-0.1, -0.05) is 0 Å². The summed E-state index contributed by atoms with van der Waals surface area (Å²) in [5, 5.41) is 4.35. The van der Waals surface area contributed by atoms with Crippen LogP contribution in [0.3, 0.4) is 0 Å². The highest BCUT2D eigenvalue weighted by atomic mass is 32.1. The van der Waals surface area contributed by atoms with Crippen LogP contribution in [0.1, 0.15) is 30.1 Å². The zero-order chi connectivity index (χ0) is 13.8. The molecular formula is C16H17NO2S. The Kier molecular flexibility index (Phi) is 4.02. The van der Waals surface area contributed by atoms with E-state index in [2.05, 4.69) is 16.8 Å². The fraction of sp³-hybridized carbons (Fsp3) is 0.312. The summed E-state index contributed by atoms with van der Waals surface area (Å²) in [4.78, 5) is 14.0. The molecule has 0 saturated carbocycles. The smallest absolute Gasteiger partial charge is 0.246 e. The Morgan fingerprint density at radius 1 is 1.35 bits per heavy atom. The summed E-state index contributed by atoms with van der Waals surface area (Å²) in [5.41, 5.74) is 1.42. The highest BCUT2D eigenvalue weighted by molar-refractivity contribution is 7.07. The number of piperidine rings is 1. The molecule has 0 spiro atoms. The summed E-state index contributed by atoms with van der Waals surface area (Å²) in [6.07, 6.45) is 7.04. The van der Waals surface area contributed by atoms with Crippen molar-refractivity contribution in [2.45, 2.75) is 18.8 Å². The van der Waals surface area contributed by atoms with Crippen molar-refractivity contribution in [1.82, 2.24) is 4.90 Å². The van der Waals surface area contributed by atoms with Crippen LogP contribution < -0.4 is 0 Å². The van der Waals surface area contributed by atoms with E-state index in [1.165, 1.54) is 5.56 Å². The van der Waals surface area contributed by atoms with Gasteiger partial charge in [-0.2, -0.15) is 11.3 Å². The van der Waals surface area contributed by atoms with Crippen LogP contribution in [0.15, 0.2) is 45.7 Å². The number of carbonyl (C=O) groups excluding carboxylic acids is 1. The molecule has 0 N–H and O–H groups in total. The Bertz CT molecular complexity index is 564. The summed E-state index contributed by atoms with van der Waals surface area (Å²) in [7, 11) is 0. The third kappa shape index (κ3) is 3.02. The molecule has 0 unspecified atom stereocenters. The van der Waals surface area contributed by atoms with Gasteiger partial charge in [0.1, 0.15) is 5.76 Å². The number of hydrogen-bond acceptors (Lipinski definition) is 3. The molecule has 0 bridgehead atoms. The number of likely N-dealkylation sites (tertiary alicyclic amines) is 1. The van der Waals surface area contributed by atoms with E-state index in [0.717, 1.165) is 25.9 Å². The van der Waals surface area contributed by atoms with Crippen LogP contribution >= 0.6 is 11.3 Å². The summed E-state index contributed by atoms with van der Waals surface area (Å²) >= 11 is 1.74. The number of thiophene rings is 1.